The lowest BCUT2D eigenvalue weighted by Crippen LogP contribution is -2.29. The number of carbonyl (C=O) groups excluding carboxylic acids is 1. The molecule has 1 aliphatic heterocycles. The molecule has 0 aliphatic carbocycles. The molecule has 2 heterocycles. The van der Waals surface area contributed by atoms with Crippen LogP contribution in [-0.4, -0.2) is 5.91 Å². The molecule has 166 valence electrons. The van der Waals surface area contributed by atoms with Crippen molar-refractivity contribution in [3.05, 3.63) is 107 Å². The number of nitrogens with zero attached hydrogens (tertiary/aromatic N) is 1. The van der Waals surface area contributed by atoms with Crippen LogP contribution in [0.1, 0.15) is 44.4 Å². The minimum absolute atomic E-state index is 0.0172. The first kappa shape index (κ1) is 22.0. The number of halogens is 3. The van der Waals surface area contributed by atoms with E-state index in [1.807, 2.05) is 26.8 Å². The first-order chi connectivity index (χ1) is 15.7. The summed E-state index contributed by atoms with van der Waals surface area (Å²) < 4.78 is 6.06. The summed E-state index contributed by atoms with van der Waals surface area (Å²) in [5.74, 6) is -0.401. The third kappa shape index (κ3) is 3.45. The molecule has 5 rings (SSSR count). The van der Waals surface area contributed by atoms with E-state index in [0.29, 0.717) is 37.3 Å². The van der Waals surface area contributed by atoms with E-state index in [0.717, 1.165) is 16.7 Å². The van der Waals surface area contributed by atoms with Crippen molar-refractivity contribution in [3.63, 3.8) is 0 Å². The molecule has 0 spiro atoms. The Hall–Kier alpha value is -2.79. The maximum atomic E-state index is 13.7. The van der Waals surface area contributed by atoms with Gasteiger partial charge < -0.3 is 4.42 Å². The lowest BCUT2D eigenvalue weighted by atomic mass is 9.97. The zero-order chi connectivity index (χ0) is 23.6. The number of hydrogen-bond donors (Lipinski definition) is 0. The predicted molar refractivity (Wildman–Crippen MR) is 133 cm³/mol. The number of aryl methyl sites for hydroxylation is 3. The molecule has 33 heavy (non-hydrogen) atoms. The van der Waals surface area contributed by atoms with E-state index >= 15 is 0 Å². The Kier molecular flexibility index (Phi) is 5.28. The van der Waals surface area contributed by atoms with Crippen molar-refractivity contribution < 1.29 is 9.21 Å². The van der Waals surface area contributed by atoms with Crippen molar-refractivity contribution in [2.45, 2.75) is 26.8 Å². The van der Waals surface area contributed by atoms with Gasteiger partial charge in [0, 0.05) is 10.7 Å². The van der Waals surface area contributed by atoms with E-state index in [1.54, 1.807) is 42.5 Å². The highest BCUT2D eigenvalue weighted by Crippen LogP contribution is 2.43. The summed E-state index contributed by atoms with van der Waals surface area (Å²) in [6.07, 6.45) is 0. The van der Waals surface area contributed by atoms with E-state index in [4.69, 9.17) is 39.2 Å². The summed E-state index contributed by atoms with van der Waals surface area (Å²) >= 11 is 18.8. The normalized spacial score (nSPS) is 15.4. The largest absolute Gasteiger partial charge is 0.450 e. The second-order valence-corrected chi connectivity index (χ2v) is 9.51. The van der Waals surface area contributed by atoms with Gasteiger partial charge in [-0.25, -0.2) is 0 Å². The second-order valence-electron chi connectivity index (χ2n) is 8.29. The van der Waals surface area contributed by atoms with Gasteiger partial charge in [0.1, 0.15) is 5.58 Å². The van der Waals surface area contributed by atoms with Crippen LogP contribution in [0.3, 0.4) is 0 Å². The molecule has 1 unspecified atom stereocenters. The molecule has 4 nitrogen and oxygen atoms in total. The molecule has 3 aromatic carbocycles. The van der Waals surface area contributed by atoms with Gasteiger partial charge in [0.2, 0.25) is 5.76 Å². The number of rotatable bonds is 2. The van der Waals surface area contributed by atoms with Crippen molar-refractivity contribution >= 4 is 57.4 Å². The van der Waals surface area contributed by atoms with Crippen LogP contribution in [-0.2, 0) is 0 Å². The Morgan fingerprint density at radius 2 is 1.52 bits per heavy atom. The SMILES string of the molecule is Cc1cc2oc3c(c(=O)c2cc1C)C(c1ccc(Cl)c(Cl)c1)N(c1ccc(C)c(Cl)c1)C3=O. The van der Waals surface area contributed by atoms with Crippen molar-refractivity contribution in [1.82, 2.24) is 0 Å². The number of amides is 1. The third-order valence-corrected chi connectivity index (χ3v) is 7.33. The number of benzene rings is 3. The van der Waals surface area contributed by atoms with Gasteiger partial charge in [-0.3, -0.25) is 14.5 Å². The molecule has 7 heteroatoms. The second kappa shape index (κ2) is 7.91. The van der Waals surface area contributed by atoms with Gasteiger partial charge in [0.15, 0.2) is 5.43 Å². The number of carbonyl (C=O) groups is 1. The molecular formula is C26H18Cl3NO3. The quantitative estimate of drug-likeness (QED) is 0.289. The van der Waals surface area contributed by atoms with Gasteiger partial charge in [-0.2, -0.15) is 0 Å². The van der Waals surface area contributed by atoms with E-state index in [9.17, 15) is 9.59 Å². The van der Waals surface area contributed by atoms with Gasteiger partial charge in [0.05, 0.1) is 27.0 Å². The van der Waals surface area contributed by atoms with Crippen LogP contribution in [0.5, 0.6) is 0 Å². The molecule has 1 atom stereocenters. The minimum atomic E-state index is -0.747. The van der Waals surface area contributed by atoms with Crippen molar-refractivity contribution in [1.29, 1.82) is 0 Å². The van der Waals surface area contributed by atoms with Crippen LogP contribution < -0.4 is 10.3 Å². The van der Waals surface area contributed by atoms with Gasteiger partial charge >= 0.3 is 0 Å². The Morgan fingerprint density at radius 3 is 2.21 bits per heavy atom. The summed E-state index contributed by atoms with van der Waals surface area (Å²) in [4.78, 5) is 28.9. The lowest BCUT2D eigenvalue weighted by Gasteiger charge is -2.26. The van der Waals surface area contributed by atoms with Gasteiger partial charge in [-0.05, 0) is 79.4 Å². The summed E-state index contributed by atoms with van der Waals surface area (Å²) in [5, 5.41) is 1.65. The van der Waals surface area contributed by atoms with Crippen LogP contribution >= 0.6 is 34.8 Å². The fourth-order valence-electron chi connectivity index (χ4n) is 4.22. The fourth-order valence-corrected chi connectivity index (χ4v) is 4.71. The van der Waals surface area contributed by atoms with E-state index in [-0.39, 0.29) is 16.8 Å². The Morgan fingerprint density at radius 1 is 0.788 bits per heavy atom. The van der Waals surface area contributed by atoms with Gasteiger partial charge in [-0.15, -0.1) is 0 Å². The maximum Gasteiger partial charge on any atom is 0.295 e. The summed E-state index contributed by atoms with van der Waals surface area (Å²) in [7, 11) is 0. The number of hydrogen-bond acceptors (Lipinski definition) is 3. The van der Waals surface area contributed by atoms with Gasteiger partial charge in [0.25, 0.3) is 5.91 Å². The highest BCUT2D eigenvalue weighted by atomic mass is 35.5. The molecule has 0 bridgehead atoms. The summed E-state index contributed by atoms with van der Waals surface area (Å²) in [6.45, 7) is 5.75. The average molecular weight is 499 g/mol. The van der Waals surface area contributed by atoms with Crippen LogP contribution in [0.15, 0.2) is 57.7 Å². The topological polar surface area (TPSA) is 50.5 Å². The smallest absolute Gasteiger partial charge is 0.295 e. The number of fused-ring (bicyclic) bond motifs is 2. The molecule has 1 aromatic heterocycles. The first-order valence-electron chi connectivity index (χ1n) is 10.3. The van der Waals surface area contributed by atoms with Crippen molar-refractivity contribution in [3.8, 4) is 0 Å². The van der Waals surface area contributed by atoms with Crippen LogP contribution in [0.4, 0.5) is 5.69 Å². The van der Waals surface area contributed by atoms with Crippen LogP contribution in [0.2, 0.25) is 15.1 Å². The van der Waals surface area contributed by atoms with E-state index < -0.39 is 11.9 Å². The van der Waals surface area contributed by atoms with Crippen molar-refractivity contribution in [2.75, 3.05) is 4.90 Å². The monoisotopic (exact) mass is 497 g/mol. The summed E-state index contributed by atoms with van der Waals surface area (Å²) in [6, 6.07) is 13.3. The standard InChI is InChI=1S/C26H18Cl3NO3/c1-12-4-6-16(11-19(12)28)30-23(15-5-7-18(27)20(29)10-15)22-24(31)17-8-13(2)14(3)9-21(17)33-25(22)26(30)32/h4-11,23H,1-3H3. The zero-order valence-electron chi connectivity index (χ0n) is 18.0. The van der Waals surface area contributed by atoms with Crippen LogP contribution in [0, 0.1) is 20.8 Å². The molecule has 0 N–H and O–H groups in total. The lowest BCUT2D eigenvalue weighted by molar-refractivity contribution is 0.0971. The Balaban J connectivity index is 1.84. The molecule has 1 amide bonds. The molecular weight excluding hydrogens is 481 g/mol. The average Bonchev–Trinajstić information content (AvgIpc) is 3.06. The third-order valence-electron chi connectivity index (χ3n) is 6.18. The summed E-state index contributed by atoms with van der Waals surface area (Å²) in [5.41, 5.74) is 4.41. The molecule has 1 aliphatic rings. The first-order valence-corrected chi connectivity index (χ1v) is 11.4. The fraction of sp³-hybridized carbons (Fsp3) is 0.154. The van der Waals surface area contributed by atoms with Crippen molar-refractivity contribution in [2.24, 2.45) is 0 Å². The number of anilines is 1. The molecule has 4 aromatic rings. The molecule has 0 fully saturated rings. The van der Waals surface area contributed by atoms with Gasteiger partial charge in [-0.1, -0.05) is 46.9 Å². The van der Waals surface area contributed by atoms with Crippen LogP contribution in [0.25, 0.3) is 11.0 Å². The minimum Gasteiger partial charge on any atom is -0.450 e. The molecule has 0 saturated carbocycles. The molecule has 0 saturated heterocycles. The highest BCUT2D eigenvalue weighted by Gasteiger charge is 2.44. The Labute approximate surface area is 205 Å². The van der Waals surface area contributed by atoms with E-state index in [1.165, 1.54) is 4.90 Å². The van der Waals surface area contributed by atoms with E-state index in [2.05, 4.69) is 0 Å². The predicted octanol–water partition coefficient (Wildman–Crippen LogP) is 7.43. The molecule has 0 radical (unpaired) electrons. The zero-order valence-corrected chi connectivity index (χ0v) is 20.3. The Bertz CT molecular complexity index is 1540. The maximum absolute atomic E-state index is 13.7. The highest BCUT2D eigenvalue weighted by molar-refractivity contribution is 6.42.